The zero-order valence-corrected chi connectivity index (χ0v) is 17.3. The average molecular weight is 432 g/mol. The van der Waals surface area contributed by atoms with E-state index in [1.165, 1.54) is 11.9 Å². The normalized spacial score (nSPS) is 11.0. The van der Waals surface area contributed by atoms with Gasteiger partial charge in [-0.25, -0.2) is 5.01 Å². The van der Waals surface area contributed by atoms with Gasteiger partial charge in [-0.05, 0) is 41.0 Å². The highest BCUT2D eigenvalue weighted by Crippen LogP contribution is 2.33. The molecule has 6 heteroatoms. The summed E-state index contributed by atoms with van der Waals surface area (Å²) in [6.07, 6.45) is 2.17. The van der Waals surface area contributed by atoms with Gasteiger partial charge in [0.1, 0.15) is 0 Å². The van der Waals surface area contributed by atoms with E-state index in [4.69, 9.17) is 34.8 Å². The second-order valence-electron chi connectivity index (χ2n) is 6.18. The minimum atomic E-state index is -0.246. The number of nitrogens with zero attached hydrogens (tertiary/aromatic N) is 2. The Morgan fingerprint density at radius 1 is 0.964 bits per heavy atom. The Labute approximate surface area is 179 Å². The van der Waals surface area contributed by atoms with E-state index in [0.29, 0.717) is 27.2 Å². The molecule has 3 nitrogen and oxygen atoms in total. The third kappa shape index (κ3) is 5.14. The summed E-state index contributed by atoms with van der Waals surface area (Å²) in [5, 5.41) is 7.18. The van der Waals surface area contributed by atoms with Crippen molar-refractivity contribution in [1.82, 2.24) is 0 Å². The second-order valence-corrected chi connectivity index (χ2v) is 7.43. The van der Waals surface area contributed by atoms with Gasteiger partial charge in [-0.3, -0.25) is 4.79 Å². The molecule has 142 valence electrons. The fourth-order valence-electron chi connectivity index (χ4n) is 2.68. The summed E-state index contributed by atoms with van der Waals surface area (Å²) in [4.78, 5) is 12.1. The van der Waals surface area contributed by atoms with Crippen LogP contribution in [0.1, 0.15) is 23.6 Å². The van der Waals surface area contributed by atoms with E-state index in [1.807, 2.05) is 54.6 Å². The number of halogens is 3. The molecule has 0 spiro atoms. The molecule has 0 aliphatic carbocycles. The predicted molar refractivity (Wildman–Crippen MR) is 118 cm³/mol. The van der Waals surface area contributed by atoms with Crippen molar-refractivity contribution in [3.8, 4) is 0 Å². The summed E-state index contributed by atoms with van der Waals surface area (Å²) in [6.45, 7) is 1.44. The van der Waals surface area contributed by atoms with Crippen molar-refractivity contribution >= 4 is 52.6 Å². The molecule has 3 aromatic rings. The molecular formula is C22H17Cl3N2O. The molecule has 0 aliphatic heterocycles. The van der Waals surface area contributed by atoms with Crippen molar-refractivity contribution in [3.63, 3.8) is 0 Å². The summed E-state index contributed by atoms with van der Waals surface area (Å²) in [5.41, 5.74) is 3.20. The quantitative estimate of drug-likeness (QED) is 0.330. The Hall–Kier alpha value is -2.33. The van der Waals surface area contributed by atoms with Crippen LogP contribution in [0.15, 0.2) is 71.8 Å². The fourth-order valence-corrected chi connectivity index (χ4v) is 3.42. The number of rotatable bonds is 5. The first-order valence-electron chi connectivity index (χ1n) is 8.56. The van der Waals surface area contributed by atoms with Crippen molar-refractivity contribution in [2.45, 2.75) is 13.3 Å². The molecule has 0 bridgehead atoms. The van der Waals surface area contributed by atoms with Gasteiger partial charge in [0.25, 0.3) is 0 Å². The van der Waals surface area contributed by atoms with Crippen LogP contribution in [0.25, 0.3) is 0 Å². The molecular weight excluding hydrogens is 415 g/mol. The highest BCUT2D eigenvalue weighted by molar-refractivity contribution is 6.36. The first-order valence-corrected chi connectivity index (χ1v) is 9.69. The molecule has 0 fully saturated rings. The zero-order chi connectivity index (χ0) is 20.1. The second kappa shape index (κ2) is 9.24. The number of amides is 1. The molecule has 0 N–H and O–H groups in total. The highest BCUT2D eigenvalue weighted by atomic mass is 35.5. The molecule has 0 heterocycles. The van der Waals surface area contributed by atoms with Crippen LogP contribution < -0.4 is 5.01 Å². The van der Waals surface area contributed by atoms with E-state index < -0.39 is 0 Å². The Bertz CT molecular complexity index is 979. The maximum Gasteiger partial charge on any atom is 0.244 e. The minimum Gasteiger partial charge on any atom is -0.273 e. The fraction of sp³-hybridized carbons (Fsp3) is 0.0909. The van der Waals surface area contributed by atoms with E-state index >= 15 is 0 Å². The first kappa shape index (κ1) is 20.4. The number of hydrogen-bond acceptors (Lipinski definition) is 2. The average Bonchev–Trinajstić information content (AvgIpc) is 2.67. The van der Waals surface area contributed by atoms with Crippen molar-refractivity contribution < 1.29 is 4.79 Å². The number of carbonyl (C=O) groups is 1. The monoisotopic (exact) mass is 430 g/mol. The third-order valence-corrected chi connectivity index (χ3v) is 5.01. The molecule has 0 saturated carbocycles. The van der Waals surface area contributed by atoms with Gasteiger partial charge >= 0.3 is 0 Å². The molecule has 0 aromatic heterocycles. The lowest BCUT2D eigenvalue weighted by Gasteiger charge is -2.17. The summed E-state index contributed by atoms with van der Waals surface area (Å²) in [6, 6.07) is 20.4. The lowest BCUT2D eigenvalue weighted by Crippen LogP contribution is -2.22. The third-order valence-electron chi connectivity index (χ3n) is 4.08. The predicted octanol–water partition coefficient (Wildman–Crippen LogP) is 6.62. The van der Waals surface area contributed by atoms with Gasteiger partial charge in [0.05, 0.1) is 11.9 Å². The smallest absolute Gasteiger partial charge is 0.244 e. The van der Waals surface area contributed by atoms with E-state index in [2.05, 4.69) is 5.10 Å². The molecule has 0 atom stereocenters. The lowest BCUT2D eigenvalue weighted by molar-refractivity contribution is -0.116. The number of benzene rings is 3. The number of carbonyl (C=O) groups excluding carboxylic acids is 1. The van der Waals surface area contributed by atoms with Crippen LogP contribution in [0, 0.1) is 0 Å². The van der Waals surface area contributed by atoms with Crippen LogP contribution in [0.2, 0.25) is 15.1 Å². The standard InChI is InChI=1S/C22H17Cl3N2O/c1-15(28)27(26-14-17-5-3-2-4-6-17)19-12-21(24)20(22(25)13-19)11-16-7-9-18(23)10-8-16/h2-10,12-14H,11H2,1H3/b26-14+. The van der Waals surface area contributed by atoms with Gasteiger partial charge in [0.15, 0.2) is 0 Å². The molecule has 0 saturated heterocycles. The molecule has 3 rings (SSSR count). The Morgan fingerprint density at radius 3 is 2.14 bits per heavy atom. The molecule has 0 unspecified atom stereocenters. The van der Waals surface area contributed by atoms with E-state index in [1.54, 1.807) is 18.3 Å². The van der Waals surface area contributed by atoms with Crippen LogP contribution in [0.5, 0.6) is 0 Å². The first-order chi connectivity index (χ1) is 13.4. The van der Waals surface area contributed by atoms with Gasteiger partial charge in [0.2, 0.25) is 5.91 Å². The molecule has 3 aromatic carbocycles. The molecule has 28 heavy (non-hydrogen) atoms. The van der Waals surface area contributed by atoms with Crippen molar-refractivity contribution in [3.05, 3.63) is 98.5 Å². The summed E-state index contributed by atoms with van der Waals surface area (Å²) >= 11 is 18.9. The summed E-state index contributed by atoms with van der Waals surface area (Å²) < 4.78 is 0. The number of hydrazone groups is 1. The van der Waals surface area contributed by atoms with Gasteiger partial charge < -0.3 is 0 Å². The lowest BCUT2D eigenvalue weighted by atomic mass is 10.0. The van der Waals surface area contributed by atoms with Gasteiger partial charge in [-0.15, -0.1) is 0 Å². The number of hydrogen-bond donors (Lipinski definition) is 0. The van der Waals surface area contributed by atoms with E-state index in [-0.39, 0.29) is 5.91 Å². The van der Waals surface area contributed by atoms with Crippen molar-refractivity contribution in [1.29, 1.82) is 0 Å². The number of anilines is 1. The Morgan fingerprint density at radius 2 is 1.57 bits per heavy atom. The van der Waals surface area contributed by atoms with Crippen molar-refractivity contribution in [2.75, 3.05) is 5.01 Å². The van der Waals surface area contributed by atoms with Gasteiger partial charge in [-0.1, -0.05) is 77.3 Å². The molecule has 0 aliphatic rings. The minimum absolute atomic E-state index is 0.246. The van der Waals surface area contributed by atoms with Crippen LogP contribution in [-0.2, 0) is 11.2 Å². The van der Waals surface area contributed by atoms with Crippen LogP contribution in [0.4, 0.5) is 5.69 Å². The van der Waals surface area contributed by atoms with E-state index in [9.17, 15) is 4.79 Å². The Kier molecular flexibility index (Phi) is 6.74. The van der Waals surface area contributed by atoms with Crippen LogP contribution in [-0.4, -0.2) is 12.1 Å². The SMILES string of the molecule is CC(=O)N(/N=C/c1ccccc1)c1cc(Cl)c(Cc2ccc(Cl)cc2)c(Cl)c1. The van der Waals surface area contributed by atoms with Crippen LogP contribution >= 0.6 is 34.8 Å². The van der Waals surface area contributed by atoms with Crippen LogP contribution in [0.3, 0.4) is 0 Å². The largest absolute Gasteiger partial charge is 0.273 e. The summed E-state index contributed by atoms with van der Waals surface area (Å²) in [7, 11) is 0. The van der Waals surface area contributed by atoms with E-state index in [0.717, 1.165) is 16.7 Å². The highest BCUT2D eigenvalue weighted by Gasteiger charge is 2.16. The molecule has 1 amide bonds. The summed E-state index contributed by atoms with van der Waals surface area (Å²) in [5.74, 6) is -0.246. The molecule has 0 radical (unpaired) electrons. The van der Waals surface area contributed by atoms with Crippen molar-refractivity contribution in [2.24, 2.45) is 5.10 Å². The topological polar surface area (TPSA) is 32.7 Å². The maximum absolute atomic E-state index is 12.1. The zero-order valence-electron chi connectivity index (χ0n) is 15.1. The van der Waals surface area contributed by atoms with Gasteiger partial charge in [0, 0.05) is 28.4 Å². The maximum atomic E-state index is 12.1. The van der Waals surface area contributed by atoms with Gasteiger partial charge in [-0.2, -0.15) is 5.10 Å². The Balaban J connectivity index is 1.89.